The Morgan fingerprint density at radius 1 is 1.25 bits per heavy atom. The van der Waals surface area contributed by atoms with E-state index in [4.69, 9.17) is 9.47 Å². The number of hydrogen-bond acceptors (Lipinski definition) is 5. The summed E-state index contributed by atoms with van der Waals surface area (Å²) in [6.45, 7) is 8.29. The van der Waals surface area contributed by atoms with Gasteiger partial charge in [-0.15, -0.1) is 0 Å². The molecular weight excluding hydrogens is 358 g/mol. The van der Waals surface area contributed by atoms with Gasteiger partial charge in [0.05, 0.1) is 41.8 Å². The maximum atomic E-state index is 12.7. The summed E-state index contributed by atoms with van der Waals surface area (Å²) < 4.78 is 14.3. The van der Waals surface area contributed by atoms with Crippen LogP contribution in [0.5, 0.6) is 0 Å². The number of amides is 1. The summed E-state index contributed by atoms with van der Waals surface area (Å²) in [6.07, 6.45) is 7.45. The number of carbonyl (C=O) groups is 1. The van der Waals surface area contributed by atoms with Crippen LogP contribution in [0.15, 0.2) is 12.4 Å². The Kier molecular flexibility index (Phi) is 4.83. The molecule has 1 N–H and O–H groups in total. The highest BCUT2D eigenvalue weighted by molar-refractivity contribution is 5.93. The number of piperidine rings is 1. The minimum Gasteiger partial charge on any atom is -0.390 e. The average Bonchev–Trinajstić information content (AvgIpc) is 3.26. The Hall–Kier alpha value is -1.44. The molecule has 3 aliphatic heterocycles. The molecule has 0 aliphatic carbocycles. The van der Waals surface area contributed by atoms with Crippen LogP contribution in [0.2, 0.25) is 0 Å². The molecule has 0 radical (unpaired) electrons. The van der Waals surface area contributed by atoms with Gasteiger partial charge in [-0.2, -0.15) is 5.10 Å². The summed E-state index contributed by atoms with van der Waals surface area (Å²) in [5.41, 5.74) is -0.133. The number of nitrogens with zero attached hydrogens (tertiary/aromatic N) is 3. The first-order chi connectivity index (χ1) is 13.1. The lowest BCUT2D eigenvalue weighted by Gasteiger charge is -2.48. The van der Waals surface area contributed by atoms with Gasteiger partial charge in [0.1, 0.15) is 0 Å². The lowest BCUT2D eigenvalue weighted by molar-refractivity contribution is -0.245. The van der Waals surface area contributed by atoms with E-state index in [2.05, 4.69) is 12.0 Å². The maximum Gasteiger partial charge on any atom is 0.257 e. The molecule has 3 aliphatic rings. The average molecular weight is 392 g/mol. The number of hydrogen-bond donors (Lipinski definition) is 1. The Morgan fingerprint density at radius 3 is 2.57 bits per heavy atom. The topological polar surface area (TPSA) is 76.8 Å². The maximum absolute atomic E-state index is 12.7. The zero-order valence-electron chi connectivity index (χ0n) is 17.5. The Morgan fingerprint density at radius 2 is 1.96 bits per heavy atom. The van der Waals surface area contributed by atoms with Crippen LogP contribution in [-0.4, -0.2) is 68.8 Å². The quantitative estimate of drug-likeness (QED) is 0.836. The van der Waals surface area contributed by atoms with Crippen molar-refractivity contribution in [3.8, 4) is 0 Å². The Bertz CT molecular complexity index is 738. The van der Waals surface area contributed by atoms with Crippen LogP contribution in [0.25, 0.3) is 0 Å². The van der Waals surface area contributed by atoms with Crippen LogP contribution in [0.1, 0.15) is 63.2 Å². The number of ether oxygens (including phenoxy) is 2. The summed E-state index contributed by atoms with van der Waals surface area (Å²) in [5.74, 6) is 0.0664. The van der Waals surface area contributed by atoms with Crippen molar-refractivity contribution in [2.24, 2.45) is 12.5 Å². The minimum atomic E-state index is -0.550. The minimum absolute atomic E-state index is 0.0415. The van der Waals surface area contributed by atoms with Crippen molar-refractivity contribution in [3.63, 3.8) is 0 Å². The lowest BCUT2D eigenvalue weighted by atomic mass is 9.73. The van der Waals surface area contributed by atoms with Crippen LogP contribution >= 0.6 is 0 Å². The zero-order chi connectivity index (χ0) is 20.2. The summed E-state index contributed by atoms with van der Waals surface area (Å²) in [4.78, 5) is 14.6. The molecule has 7 heteroatoms. The third-order valence-corrected chi connectivity index (χ3v) is 7.17. The first-order valence-electron chi connectivity index (χ1n) is 10.4. The number of rotatable bonds is 2. The zero-order valence-corrected chi connectivity index (χ0v) is 17.5. The van der Waals surface area contributed by atoms with E-state index < -0.39 is 11.7 Å². The van der Waals surface area contributed by atoms with E-state index in [0.29, 0.717) is 5.56 Å². The van der Waals surface area contributed by atoms with Crippen LogP contribution in [0.3, 0.4) is 0 Å². The highest BCUT2D eigenvalue weighted by atomic mass is 16.6. The fraction of sp³-hybridized carbons (Fsp3) is 0.810. The molecule has 0 aromatic carbocycles. The largest absolute Gasteiger partial charge is 0.390 e. The first-order valence-corrected chi connectivity index (χ1v) is 10.4. The summed E-state index contributed by atoms with van der Waals surface area (Å²) in [7, 11) is 1.83. The molecule has 1 spiro atoms. The van der Waals surface area contributed by atoms with E-state index in [1.807, 2.05) is 25.8 Å². The Balaban J connectivity index is 1.38. The molecule has 1 amide bonds. The van der Waals surface area contributed by atoms with E-state index in [1.165, 1.54) is 0 Å². The van der Waals surface area contributed by atoms with Gasteiger partial charge in [0.15, 0.2) is 0 Å². The van der Waals surface area contributed by atoms with E-state index in [0.717, 1.165) is 51.8 Å². The van der Waals surface area contributed by atoms with Gasteiger partial charge in [-0.25, -0.2) is 0 Å². The Labute approximate surface area is 167 Å². The van der Waals surface area contributed by atoms with Crippen molar-refractivity contribution in [3.05, 3.63) is 18.0 Å². The molecule has 3 atom stereocenters. The standard InChI is InChI=1S/C21H33N3O4/c1-19(2)16(25)5-6-20(3,28-19)17-11-21(14-27-17)7-9-24(10-8-21)18(26)15-12-22-23(4)13-15/h12-13,16-17,25H,5-11,14H2,1-4H3/t16-,17+,20+/m0/s1. The number of carbonyl (C=O) groups excluding carboxylic acids is 1. The third-order valence-electron chi connectivity index (χ3n) is 7.17. The van der Waals surface area contributed by atoms with E-state index >= 15 is 0 Å². The smallest absolute Gasteiger partial charge is 0.257 e. The molecular formula is C21H33N3O4. The van der Waals surface area contributed by atoms with Crippen molar-refractivity contribution >= 4 is 5.91 Å². The van der Waals surface area contributed by atoms with Gasteiger partial charge in [-0.3, -0.25) is 9.48 Å². The van der Waals surface area contributed by atoms with Gasteiger partial charge in [0.2, 0.25) is 0 Å². The van der Waals surface area contributed by atoms with Crippen molar-refractivity contribution in [2.75, 3.05) is 19.7 Å². The van der Waals surface area contributed by atoms with Gasteiger partial charge in [0, 0.05) is 26.3 Å². The predicted molar refractivity (Wildman–Crippen MR) is 104 cm³/mol. The first kappa shape index (κ1) is 19.9. The van der Waals surface area contributed by atoms with E-state index in [9.17, 15) is 9.90 Å². The summed E-state index contributed by atoms with van der Waals surface area (Å²) >= 11 is 0. The molecule has 0 bridgehead atoms. The number of likely N-dealkylation sites (tertiary alicyclic amines) is 1. The SMILES string of the molecule is Cn1cc(C(=O)N2CCC3(CC2)CO[C@@H]([C@@]2(C)CC[C@H](O)C(C)(C)O2)C3)cn1. The highest BCUT2D eigenvalue weighted by Crippen LogP contribution is 2.49. The molecule has 1 aromatic heterocycles. The second-order valence-corrected chi connectivity index (χ2v) is 9.77. The molecule has 4 heterocycles. The van der Waals surface area contributed by atoms with Crippen molar-refractivity contribution in [1.29, 1.82) is 0 Å². The van der Waals surface area contributed by atoms with Crippen molar-refractivity contribution in [2.45, 2.75) is 76.3 Å². The predicted octanol–water partition coefficient (Wildman–Crippen LogP) is 2.14. The molecule has 156 valence electrons. The summed E-state index contributed by atoms with van der Waals surface area (Å²) in [5, 5.41) is 14.3. The number of aromatic nitrogens is 2. The summed E-state index contributed by atoms with van der Waals surface area (Å²) in [6, 6.07) is 0. The molecule has 3 saturated heterocycles. The van der Waals surface area contributed by atoms with Crippen LogP contribution < -0.4 is 0 Å². The second-order valence-electron chi connectivity index (χ2n) is 9.77. The fourth-order valence-electron chi connectivity index (χ4n) is 5.15. The van der Waals surface area contributed by atoms with Crippen molar-refractivity contribution in [1.82, 2.24) is 14.7 Å². The molecule has 28 heavy (non-hydrogen) atoms. The van der Waals surface area contributed by atoms with Gasteiger partial charge in [0.25, 0.3) is 5.91 Å². The molecule has 1 aromatic rings. The fourth-order valence-corrected chi connectivity index (χ4v) is 5.15. The highest BCUT2D eigenvalue weighted by Gasteiger charge is 2.53. The molecule has 3 fully saturated rings. The van der Waals surface area contributed by atoms with E-state index in [1.54, 1.807) is 17.1 Å². The van der Waals surface area contributed by atoms with Gasteiger partial charge < -0.3 is 19.5 Å². The third kappa shape index (κ3) is 3.48. The van der Waals surface area contributed by atoms with Crippen LogP contribution in [0, 0.1) is 5.41 Å². The molecule has 0 saturated carbocycles. The normalized spacial score (nSPS) is 34.7. The molecule has 0 unspecified atom stereocenters. The number of aliphatic hydroxyl groups is 1. The second kappa shape index (κ2) is 6.82. The molecule has 7 nitrogen and oxygen atoms in total. The monoisotopic (exact) mass is 391 g/mol. The van der Waals surface area contributed by atoms with E-state index in [-0.39, 0.29) is 23.0 Å². The van der Waals surface area contributed by atoms with Crippen molar-refractivity contribution < 1.29 is 19.4 Å². The van der Waals surface area contributed by atoms with Gasteiger partial charge >= 0.3 is 0 Å². The number of aliphatic hydroxyl groups excluding tert-OH is 1. The molecule has 4 rings (SSSR count). The lowest BCUT2D eigenvalue weighted by Crippen LogP contribution is -2.56. The number of aryl methyl sites for hydroxylation is 1. The van der Waals surface area contributed by atoms with Gasteiger partial charge in [-0.05, 0) is 58.3 Å². The van der Waals surface area contributed by atoms with Gasteiger partial charge in [-0.1, -0.05) is 0 Å². The van der Waals surface area contributed by atoms with Crippen LogP contribution in [0.4, 0.5) is 0 Å². The van der Waals surface area contributed by atoms with Crippen LogP contribution in [-0.2, 0) is 16.5 Å².